The van der Waals surface area contributed by atoms with Crippen LogP contribution in [0, 0.1) is 11.7 Å². The molecule has 0 saturated heterocycles. The smallest absolute Gasteiger partial charge is 0.299 e. The lowest BCUT2D eigenvalue weighted by atomic mass is 10.1. The molecule has 10 heteroatoms. The highest BCUT2D eigenvalue weighted by Crippen LogP contribution is 2.25. The second kappa shape index (κ2) is 9.15. The summed E-state index contributed by atoms with van der Waals surface area (Å²) in [5, 5.41) is 10.4. The number of hydrogen-bond donors (Lipinski definition) is 1. The van der Waals surface area contributed by atoms with Crippen molar-refractivity contribution < 1.29 is 18.3 Å². The zero-order chi connectivity index (χ0) is 21.0. The van der Waals surface area contributed by atoms with E-state index in [0.29, 0.717) is 22.1 Å². The first-order valence-electron chi connectivity index (χ1n) is 8.44. The number of aromatic amines is 1. The molecule has 6 nitrogen and oxygen atoms in total. The highest BCUT2D eigenvalue weighted by molar-refractivity contribution is 7.71. The number of nitrogens with zero attached hydrogens (tertiary/aromatic N) is 3. The molecule has 1 aromatic heterocycles. The zero-order valence-electron chi connectivity index (χ0n) is 15.5. The summed E-state index contributed by atoms with van der Waals surface area (Å²) in [6.45, 7) is 2.14. The predicted octanol–water partition coefficient (Wildman–Crippen LogP) is 5.31. The molecule has 1 N–H and O–H groups in total. The number of benzene rings is 2. The maximum atomic E-state index is 13.0. The molecule has 0 radical (unpaired) electrons. The molecule has 29 heavy (non-hydrogen) atoms. The average Bonchev–Trinajstić information content (AvgIpc) is 3.06. The van der Waals surface area contributed by atoms with E-state index < -0.39 is 12.2 Å². The Balaban J connectivity index is 1.83. The molecular weight excluding hydrogens is 422 g/mol. The van der Waals surface area contributed by atoms with Gasteiger partial charge in [-0.15, -0.1) is 0 Å². The van der Waals surface area contributed by atoms with Crippen molar-refractivity contribution in [2.45, 2.75) is 20.0 Å². The first kappa shape index (κ1) is 20.9. The van der Waals surface area contributed by atoms with E-state index in [2.05, 4.69) is 15.3 Å². The van der Waals surface area contributed by atoms with Crippen LogP contribution in [0.4, 0.5) is 8.78 Å². The van der Waals surface area contributed by atoms with Gasteiger partial charge in [0.1, 0.15) is 18.1 Å². The van der Waals surface area contributed by atoms with E-state index in [1.54, 1.807) is 37.4 Å². The van der Waals surface area contributed by atoms with Crippen molar-refractivity contribution in [1.29, 1.82) is 0 Å². The van der Waals surface area contributed by atoms with Gasteiger partial charge in [-0.3, -0.25) is 0 Å². The molecule has 0 amide bonds. The van der Waals surface area contributed by atoms with E-state index >= 15 is 0 Å². The minimum Gasteiger partial charge on any atom is -0.496 e. The Bertz CT molecular complexity index is 1100. The molecule has 0 bridgehead atoms. The van der Waals surface area contributed by atoms with Gasteiger partial charge in [0.25, 0.3) is 6.43 Å². The molecule has 2 aromatic carbocycles. The van der Waals surface area contributed by atoms with Gasteiger partial charge in [0.15, 0.2) is 0 Å². The normalized spacial score (nSPS) is 11.4. The fraction of sp³-hybridized carbons (Fsp3) is 0.211. The van der Waals surface area contributed by atoms with Gasteiger partial charge in [0.2, 0.25) is 10.6 Å². The molecule has 1 heterocycles. The number of halogens is 3. The maximum absolute atomic E-state index is 13.0. The Kier molecular flexibility index (Phi) is 6.60. The van der Waals surface area contributed by atoms with Crippen LogP contribution in [0.5, 0.6) is 11.5 Å². The summed E-state index contributed by atoms with van der Waals surface area (Å²) in [5.41, 5.74) is 2.32. The number of hydrogen-bond acceptors (Lipinski definition) is 5. The van der Waals surface area contributed by atoms with E-state index in [1.807, 2.05) is 13.0 Å². The first-order valence-corrected chi connectivity index (χ1v) is 9.23. The number of aromatic nitrogens is 3. The molecule has 3 rings (SSSR count). The van der Waals surface area contributed by atoms with Gasteiger partial charge in [-0.05, 0) is 66.7 Å². The molecule has 0 aliphatic rings. The van der Waals surface area contributed by atoms with Gasteiger partial charge in [-0.2, -0.15) is 14.9 Å². The molecule has 0 unspecified atom stereocenters. The molecule has 152 valence electrons. The van der Waals surface area contributed by atoms with E-state index in [1.165, 1.54) is 6.21 Å². The number of alkyl halides is 2. The van der Waals surface area contributed by atoms with Crippen molar-refractivity contribution in [2.24, 2.45) is 5.10 Å². The third-order valence-corrected chi connectivity index (χ3v) is 4.52. The Hall–Kier alpha value is -2.78. The van der Waals surface area contributed by atoms with Gasteiger partial charge in [0, 0.05) is 10.6 Å². The van der Waals surface area contributed by atoms with Crippen LogP contribution in [-0.4, -0.2) is 28.2 Å². The Morgan fingerprint density at radius 2 is 2.03 bits per heavy atom. The van der Waals surface area contributed by atoms with E-state index in [-0.39, 0.29) is 11.4 Å². The van der Waals surface area contributed by atoms with Crippen molar-refractivity contribution in [1.82, 2.24) is 14.9 Å². The zero-order valence-corrected chi connectivity index (χ0v) is 17.1. The second-order valence-corrected chi connectivity index (χ2v) is 6.84. The van der Waals surface area contributed by atoms with E-state index in [4.69, 9.17) is 33.3 Å². The molecule has 0 aliphatic heterocycles. The van der Waals surface area contributed by atoms with Crippen LogP contribution >= 0.6 is 23.8 Å². The van der Waals surface area contributed by atoms with Gasteiger partial charge in [-0.25, -0.2) is 13.9 Å². The summed E-state index contributed by atoms with van der Waals surface area (Å²) < 4.78 is 38.1. The first-order chi connectivity index (χ1) is 13.9. The molecular formula is C19H17ClF2N4O2S. The van der Waals surface area contributed by atoms with Gasteiger partial charge in [-0.1, -0.05) is 11.6 Å². The fourth-order valence-corrected chi connectivity index (χ4v) is 3.02. The van der Waals surface area contributed by atoms with Crippen LogP contribution in [0.25, 0.3) is 0 Å². The standard InChI is InChI=1S/C19H17ClF2N4O2S/c1-11-7-14(20)4-6-15(11)28-10-13-8-12(3-5-16(13)27-2)9-23-26-18(17(21)22)24-25-19(26)29/h3-9,17H,10H2,1-2H3,(H,25,29). The Labute approximate surface area is 175 Å². The highest BCUT2D eigenvalue weighted by atomic mass is 35.5. The summed E-state index contributed by atoms with van der Waals surface area (Å²) in [6.07, 6.45) is -1.39. The quantitative estimate of drug-likeness (QED) is 0.401. The topological polar surface area (TPSA) is 64.4 Å². The third-order valence-electron chi connectivity index (χ3n) is 4.02. The van der Waals surface area contributed by atoms with Gasteiger partial charge in [0.05, 0.1) is 13.3 Å². The number of methoxy groups -OCH3 is 1. The second-order valence-electron chi connectivity index (χ2n) is 6.01. The summed E-state index contributed by atoms with van der Waals surface area (Å²) in [5.74, 6) is 0.769. The minimum absolute atomic E-state index is 0.0215. The number of H-pyrrole nitrogens is 1. The minimum atomic E-state index is -2.80. The van der Waals surface area contributed by atoms with Crippen molar-refractivity contribution in [3.05, 3.63) is 68.7 Å². The van der Waals surface area contributed by atoms with Crippen LogP contribution in [0.2, 0.25) is 5.02 Å². The summed E-state index contributed by atoms with van der Waals surface area (Å²) in [7, 11) is 1.56. The van der Waals surface area contributed by atoms with Crippen LogP contribution in [0.1, 0.15) is 28.9 Å². The molecule has 0 aliphatic carbocycles. The number of aryl methyl sites for hydroxylation is 1. The van der Waals surface area contributed by atoms with Crippen LogP contribution in [0.15, 0.2) is 41.5 Å². The monoisotopic (exact) mass is 438 g/mol. The summed E-state index contributed by atoms with van der Waals surface area (Å²) >= 11 is 10.9. The average molecular weight is 439 g/mol. The molecule has 0 atom stereocenters. The van der Waals surface area contributed by atoms with Crippen molar-refractivity contribution in [2.75, 3.05) is 7.11 Å². The number of ether oxygens (including phenoxy) is 2. The predicted molar refractivity (Wildman–Crippen MR) is 109 cm³/mol. The largest absolute Gasteiger partial charge is 0.496 e. The summed E-state index contributed by atoms with van der Waals surface area (Å²) in [4.78, 5) is 0. The molecule has 0 fully saturated rings. The van der Waals surface area contributed by atoms with Crippen LogP contribution in [-0.2, 0) is 6.61 Å². The van der Waals surface area contributed by atoms with Gasteiger partial charge < -0.3 is 9.47 Å². The maximum Gasteiger partial charge on any atom is 0.299 e. The Morgan fingerprint density at radius 3 is 2.72 bits per heavy atom. The molecule has 3 aromatic rings. The Morgan fingerprint density at radius 1 is 1.28 bits per heavy atom. The van der Waals surface area contributed by atoms with Crippen LogP contribution in [0.3, 0.4) is 0 Å². The third kappa shape index (κ3) is 4.99. The van der Waals surface area contributed by atoms with E-state index in [0.717, 1.165) is 15.8 Å². The van der Waals surface area contributed by atoms with Gasteiger partial charge >= 0.3 is 0 Å². The van der Waals surface area contributed by atoms with Crippen molar-refractivity contribution in [3.63, 3.8) is 0 Å². The number of nitrogens with one attached hydrogen (secondary N) is 1. The molecule has 0 saturated carbocycles. The van der Waals surface area contributed by atoms with Crippen LogP contribution < -0.4 is 9.47 Å². The van der Waals surface area contributed by atoms with Crippen molar-refractivity contribution >= 4 is 30.0 Å². The lowest BCUT2D eigenvalue weighted by Gasteiger charge is -2.13. The summed E-state index contributed by atoms with van der Waals surface area (Å²) in [6, 6.07) is 10.6. The lowest BCUT2D eigenvalue weighted by Crippen LogP contribution is -2.02. The van der Waals surface area contributed by atoms with E-state index in [9.17, 15) is 8.78 Å². The lowest BCUT2D eigenvalue weighted by molar-refractivity contribution is 0.136. The number of rotatable bonds is 7. The highest BCUT2D eigenvalue weighted by Gasteiger charge is 2.16. The fourth-order valence-electron chi connectivity index (χ4n) is 2.60. The SMILES string of the molecule is COc1ccc(C=Nn2c(C(F)F)n[nH]c2=S)cc1COc1ccc(Cl)cc1C. The molecule has 0 spiro atoms. The van der Waals surface area contributed by atoms with Crippen molar-refractivity contribution in [3.8, 4) is 11.5 Å².